The van der Waals surface area contributed by atoms with E-state index in [1.807, 2.05) is 0 Å². The molecule has 1 aromatic rings. The van der Waals surface area contributed by atoms with Gasteiger partial charge in [-0.3, -0.25) is 0 Å². The van der Waals surface area contributed by atoms with Gasteiger partial charge in [0.2, 0.25) is 0 Å². The zero-order valence-corrected chi connectivity index (χ0v) is 6.78. The van der Waals surface area contributed by atoms with Gasteiger partial charge in [0.1, 0.15) is 5.82 Å². The van der Waals surface area contributed by atoms with Gasteiger partial charge in [-0.1, -0.05) is 0 Å². The number of halogens is 2. The average molecular weight is 203 g/mol. The number of hydrogen-bond acceptors (Lipinski definition) is 1. The van der Waals surface area contributed by atoms with Crippen LogP contribution < -0.4 is 5.73 Å². The summed E-state index contributed by atoms with van der Waals surface area (Å²) in [6, 6.07) is 3.16. The SMILES string of the molecule is [CH2]c1c(N)ccc(Br)c1F. The van der Waals surface area contributed by atoms with Gasteiger partial charge in [-0.15, -0.1) is 0 Å². The first-order chi connectivity index (χ1) is 4.63. The lowest BCUT2D eigenvalue weighted by Gasteiger charge is -2.01. The molecular weight excluding hydrogens is 197 g/mol. The second-order valence-corrected chi connectivity index (χ2v) is 2.78. The number of nitrogens with two attached hydrogens (primary N) is 1. The van der Waals surface area contributed by atoms with Crippen molar-refractivity contribution in [1.29, 1.82) is 0 Å². The molecule has 2 N–H and O–H groups in total. The molecule has 0 aliphatic rings. The molecular formula is C7H6BrFN. The Balaban J connectivity index is 3.34. The predicted octanol–water partition coefficient (Wildman–Crippen LogP) is 2.35. The molecule has 0 spiro atoms. The maximum atomic E-state index is 12.8. The third-order valence-electron chi connectivity index (χ3n) is 1.23. The molecule has 1 rings (SSSR count). The minimum atomic E-state index is -0.389. The number of benzene rings is 1. The molecule has 53 valence electrons. The summed E-state index contributed by atoms with van der Waals surface area (Å²) >= 11 is 3.01. The third kappa shape index (κ3) is 1.14. The van der Waals surface area contributed by atoms with Gasteiger partial charge in [0.05, 0.1) is 4.47 Å². The van der Waals surface area contributed by atoms with Gasteiger partial charge in [-0.25, -0.2) is 4.39 Å². The summed E-state index contributed by atoms with van der Waals surface area (Å²) in [6.45, 7) is 3.45. The molecule has 0 saturated heterocycles. The predicted molar refractivity (Wildman–Crippen MR) is 43.0 cm³/mol. The highest BCUT2D eigenvalue weighted by Gasteiger charge is 2.03. The second-order valence-electron chi connectivity index (χ2n) is 1.93. The van der Waals surface area contributed by atoms with E-state index in [0.717, 1.165) is 0 Å². The average Bonchev–Trinajstić information content (AvgIpc) is 1.93. The normalized spacial score (nSPS) is 9.90. The Morgan fingerprint density at radius 3 is 2.60 bits per heavy atom. The first kappa shape index (κ1) is 7.54. The van der Waals surface area contributed by atoms with E-state index in [4.69, 9.17) is 5.73 Å². The first-order valence-electron chi connectivity index (χ1n) is 2.68. The van der Waals surface area contributed by atoms with Crippen molar-refractivity contribution in [1.82, 2.24) is 0 Å². The summed E-state index contributed by atoms with van der Waals surface area (Å²) in [5.74, 6) is -0.389. The molecule has 0 aliphatic heterocycles. The van der Waals surface area contributed by atoms with Gasteiger partial charge < -0.3 is 5.73 Å². The molecule has 0 atom stereocenters. The van der Waals surface area contributed by atoms with E-state index in [2.05, 4.69) is 22.9 Å². The number of hydrogen-bond donors (Lipinski definition) is 1. The molecule has 1 radical (unpaired) electrons. The quantitative estimate of drug-likeness (QED) is 0.643. The van der Waals surface area contributed by atoms with Gasteiger partial charge in [0.25, 0.3) is 0 Å². The Bertz CT molecular complexity index is 233. The van der Waals surface area contributed by atoms with Gasteiger partial charge in [-0.05, 0) is 35.0 Å². The molecule has 0 heterocycles. The first-order valence-corrected chi connectivity index (χ1v) is 3.47. The van der Waals surface area contributed by atoms with Gasteiger partial charge in [0, 0.05) is 11.3 Å². The van der Waals surface area contributed by atoms with Crippen molar-refractivity contribution in [3.8, 4) is 0 Å². The fourth-order valence-corrected chi connectivity index (χ4v) is 0.979. The van der Waals surface area contributed by atoms with E-state index in [0.29, 0.717) is 10.2 Å². The number of rotatable bonds is 0. The van der Waals surface area contributed by atoms with Crippen molar-refractivity contribution < 1.29 is 4.39 Å². The van der Waals surface area contributed by atoms with Crippen LogP contribution in [0.5, 0.6) is 0 Å². The van der Waals surface area contributed by atoms with Crippen LogP contribution in [0.1, 0.15) is 5.56 Å². The van der Waals surface area contributed by atoms with Crippen molar-refractivity contribution in [3.05, 3.63) is 34.9 Å². The van der Waals surface area contributed by atoms with Gasteiger partial charge in [0.15, 0.2) is 0 Å². The summed E-state index contributed by atoms with van der Waals surface area (Å²) in [7, 11) is 0. The van der Waals surface area contributed by atoms with Crippen LogP contribution in [0, 0.1) is 12.7 Å². The largest absolute Gasteiger partial charge is 0.398 e. The molecule has 0 fully saturated rings. The Labute approximate surface area is 67.2 Å². The minimum absolute atomic E-state index is 0.245. The van der Waals surface area contributed by atoms with E-state index in [-0.39, 0.29) is 11.4 Å². The molecule has 0 aromatic heterocycles. The smallest absolute Gasteiger partial charge is 0.142 e. The Morgan fingerprint density at radius 2 is 2.10 bits per heavy atom. The summed E-state index contributed by atoms with van der Waals surface area (Å²) in [5, 5.41) is 0. The molecule has 3 heteroatoms. The van der Waals surface area contributed by atoms with Crippen LogP contribution in [0.15, 0.2) is 16.6 Å². The Kier molecular flexibility index (Phi) is 1.94. The molecule has 0 bridgehead atoms. The highest BCUT2D eigenvalue weighted by atomic mass is 79.9. The van der Waals surface area contributed by atoms with Crippen LogP contribution >= 0.6 is 15.9 Å². The fourth-order valence-electron chi connectivity index (χ4n) is 0.608. The van der Waals surface area contributed by atoms with Crippen LogP contribution in [0.25, 0.3) is 0 Å². The van der Waals surface area contributed by atoms with E-state index in [1.165, 1.54) is 0 Å². The topological polar surface area (TPSA) is 26.0 Å². The summed E-state index contributed by atoms with van der Waals surface area (Å²) in [5.41, 5.74) is 5.99. The highest BCUT2D eigenvalue weighted by molar-refractivity contribution is 9.10. The van der Waals surface area contributed by atoms with Crippen LogP contribution in [0.3, 0.4) is 0 Å². The van der Waals surface area contributed by atoms with E-state index >= 15 is 0 Å². The van der Waals surface area contributed by atoms with Crippen molar-refractivity contribution >= 4 is 21.6 Å². The molecule has 0 unspecified atom stereocenters. The molecule has 0 aliphatic carbocycles. The minimum Gasteiger partial charge on any atom is -0.398 e. The lowest BCUT2D eigenvalue weighted by Crippen LogP contribution is -1.92. The zero-order valence-electron chi connectivity index (χ0n) is 5.20. The van der Waals surface area contributed by atoms with Crippen molar-refractivity contribution in [2.24, 2.45) is 0 Å². The summed E-state index contributed by atoms with van der Waals surface area (Å²) in [6.07, 6.45) is 0. The zero-order chi connectivity index (χ0) is 7.72. The number of nitrogen functional groups attached to an aromatic ring is 1. The Morgan fingerprint density at radius 1 is 1.50 bits per heavy atom. The maximum Gasteiger partial charge on any atom is 0.142 e. The molecule has 10 heavy (non-hydrogen) atoms. The van der Waals surface area contributed by atoms with Crippen LogP contribution in [0.4, 0.5) is 10.1 Å². The van der Waals surface area contributed by atoms with Gasteiger partial charge >= 0.3 is 0 Å². The lowest BCUT2D eigenvalue weighted by molar-refractivity contribution is 0.617. The third-order valence-corrected chi connectivity index (χ3v) is 1.84. The van der Waals surface area contributed by atoms with E-state index in [1.54, 1.807) is 12.1 Å². The standard InChI is InChI=1S/C7H6BrFN/c1-4-6(10)3-2-5(8)7(4)9/h2-3H,1,10H2. The van der Waals surface area contributed by atoms with Crippen LogP contribution in [0.2, 0.25) is 0 Å². The summed E-state index contributed by atoms with van der Waals surface area (Å²) < 4.78 is 13.2. The molecule has 1 nitrogen and oxygen atoms in total. The molecule has 0 amide bonds. The summed E-state index contributed by atoms with van der Waals surface area (Å²) in [4.78, 5) is 0. The maximum absolute atomic E-state index is 12.8. The monoisotopic (exact) mass is 202 g/mol. The number of anilines is 1. The highest BCUT2D eigenvalue weighted by Crippen LogP contribution is 2.22. The van der Waals surface area contributed by atoms with Crippen LogP contribution in [-0.2, 0) is 0 Å². The van der Waals surface area contributed by atoms with Crippen molar-refractivity contribution in [2.75, 3.05) is 5.73 Å². The van der Waals surface area contributed by atoms with E-state index < -0.39 is 0 Å². The van der Waals surface area contributed by atoms with Crippen LogP contribution in [-0.4, -0.2) is 0 Å². The van der Waals surface area contributed by atoms with E-state index in [9.17, 15) is 4.39 Å². The second kappa shape index (κ2) is 2.58. The Hall–Kier alpha value is -0.570. The van der Waals surface area contributed by atoms with Crippen molar-refractivity contribution in [2.45, 2.75) is 0 Å². The van der Waals surface area contributed by atoms with Crippen molar-refractivity contribution in [3.63, 3.8) is 0 Å². The lowest BCUT2D eigenvalue weighted by atomic mass is 10.2. The van der Waals surface area contributed by atoms with Gasteiger partial charge in [-0.2, -0.15) is 0 Å². The molecule has 0 saturated carbocycles. The molecule has 1 aromatic carbocycles. The fraction of sp³-hybridized carbons (Fsp3) is 0.